The lowest BCUT2D eigenvalue weighted by Gasteiger charge is -2.23. The van der Waals surface area contributed by atoms with Gasteiger partial charge in [0.05, 0.1) is 10.2 Å². The molecule has 2 rings (SSSR count). The van der Waals surface area contributed by atoms with Crippen molar-refractivity contribution in [3.8, 4) is 0 Å². The molecule has 0 aliphatic carbocycles. The quantitative estimate of drug-likeness (QED) is 0.556. The number of nitrogens with zero attached hydrogens (tertiary/aromatic N) is 2. The fraction of sp³-hybridized carbons (Fsp3) is 0.750. The summed E-state index contributed by atoms with van der Waals surface area (Å²) >= 11 is 21.8. The van der Waals surface area contributed by atoms with Crippen molar-refractivity contribution in [3.05, 3.63) is 0 Å². The molecule has 0 aromatic heterocycles. The topological polar surface area (TPSA) is 15.7 Å². The lowest BCUT2D eigenvalue weighted by atomic mass is 10.1. The van der Waals surface area contributed by atoms with Gasteiger partial charge in [-0.2, -0.15) is 0 Å². The molecule has 0 saturated carbocycles. The molecular formula is C16H30N2OS5. The number of ether oxygens (including phenoxy) is 1. The average Bonchev–Trinajstić information content (AvgIpc) is 2.77. The Bertz CT molecular complexity index is 449. The SMILES string of the molecule is C.C.CC(C)C1C(=S)OC(=S)N1C.CC(C)C1C(=S)SC(=S)N1C. The van der Waals surface area contributed by atoms with Crippen molar-refractivity contribution in [2.45, 2.75) is 54.6 Å². The first-order valence-corrected chi connectivity index (χ1v) is 9.49. The minimum Gasteiger partial charge on any atom is -0.422 e. The molecule has 0 N–H and O–H groups in total. The maximum atomic E-state index is 5.20. The van der Waals surface area contributed by atoms with Crippen LogP contribution in [0.2, 0.25) is 0 Å². The summed E-state index contributed by atoms with van der Waals surface area (Å²) in [5.41, 5.74) is 0. The van der Waals surface area contributed by atoms with Crippen molar-refractivity contribution in [1.82, 2.24) is 9.80 Å². The van der Waals surface area contributed by atoms with E-state index < -0.39 is 0 Å². The Hall–Kier alpha value is 0.110. The van der Waals surface area contributed by atoms with E-state index in [2.05, 4.69) is 32.6 Å². The number of hydrogen-bond acceptors (Lipinski definition) is 6. The molecule has 2 heterocycles. The van der Waals surface area contributed by atoms with Crippen molar-refractivity contribution in [3.63, 3.8) is 0 Å². The third-order valence-corrected chi connectivity index (χ3v) is 6.16. The third-order valence-electron chi connectivity index (χ3n) is 3.53. The monoisotopic (exact) mass is 426 g/mol. The molecule has 140 valence electrons. The van der Waals surface area contributed by atoms with Gasteiger partial charge in [0.1, 0.15) is 10.4 Å². The molecule has 2 saturated heterocycles. The van der Waals surface area contributed by atoms with Crippen molar-refractivity contribution in [2.24, 2.45) is 11.8 Å². The summed E-state index contributed by atoms with van der Waals surface area (Å²) in [6, 6.07) is 0.542. The van der Waals surface area contributed by atoms with Crippen molar-refractivity contribution in [2.75, 3.05) is 14.1 Å². The minimum atomic E-state index is 0. The van der Waals surface area contributed by atoms with Crippen LogP contribution in [0.1, 0.15) is 42.5 Å². The van der Waals surface area contributed by atoms with Crippen LogP contribution in [0.3, 0.4) is 0 Å². The van der Waals surface area contributed by atoms with Gasteiger partial charge in [0.25, 0.3) is 5.17 Å². The van der Waals surface area contributed by atoms with Gasteiger partial charge in [0.2, 0.25) is 0 Å². The predicted octanol–water partition coefficient (Wildman–Crippen LogP) is 5.16. The molecular weight excluding hydrogens is 397 g/mol. The zero-order chi connectivity index (χ0) is 17.2. The number of thioether (sulfide) groups is 1. The first-order valence-electron chi connectivity index (χ1n) is 7.04. The summed E-state index contributed by atoms with van der Waals surface area (Å²) in [7, 11) is 3.92. The van der Waals surface area contributed by atoms with Gasteiger partial charge in [-0.05, 0) is 36.3 Å². The Balaban J connectivity index is 0. The molecule has 0 aromatic rings. The van der Waals surface area contributed by atoms with E-state index in [0.717, 1.165) is 8.52 Å². The fourth-order valence-corrected chi connectivity index (χ4v) is 5.37. The van der Waals surface area contributed by atoms with Crippen molar-refractivity contribution >= 4 is 79.4 Å². The van der Waals surface area contributed by atoms with Crippen LogP contribution in [0.5, 0.6) is 0 Å². The molecule has 2 aliphatic rings. The normalized spacial score (nSPS) is 23.0. The maximum Gasteiger partial charge on any atom is 0.265 e. The van der Waals surface area contributed by atoms with E-state index in [-0.39, 0.29) is 20.9 Å². The Kier molecular flexibility index (Phi) is 12.0. The van der Waals surface area contributed by atoms with E-state index in [0.29, 0.717) is 28.1 Å². The summed E-state index contributed by atoms with van der Waals surface area (Å²) in [6.07, 6.45) is 0. The van der Waals surface area contributed by atoms with Crippen LogP contribution < -0.4 is 0 Å². The number of hydrogen-bond donors (Lipinski definition) is 0. The Morgan fingerprint density at radius 3 is 1.50 bits per heavy atom. The zero-order valence-electron chi connectivity index (χ0n) is 13.7. The van der Waals surface area contributed by atoms with Gasteiger partial charge < -0.3 is 14.5 Å². The zero-order valence-corrected chi connectivity index (χ0v) is 17.7. The molecule has 2 aliphatic heterocycles. The average molecular weight is 427 g/mol. The number of thiocarbonyl (C=S) groups is 4. The lowest BCUT2D eigenvalue weighted by Crippen LogP contribution is -2.34. The largest absolute Gasteiger partial charge is 0.422 e. The van der Waals surface area contributed by atoms with E-state index in [9.17, 15) is 0 Å². The van der Waals surface area contributed by atoms with Gasteiger partial charge in [-0.15, -0.1) is 0 Å². The Morgan fingerprint density at radius 2 is 1.33 bits per heavy atom. The molecule has 0 spiro atoms. The highest BCUT2D eigenvalue weighted by Crippen LogP contribution is 2.29. The second-order valence-corrected chi connectivity index (χ2v) is 9.10. The van der Waals surface area contributed by atoms with Crippen LogP contribution in [0.15, 0.2) is 0 Å². The van der Waals surface area contributed by atoms with E-state index in [1.165, 1.54) is 0 Å². The summed E-state index contributed by atoms with van der Waals surface area (Å²) in [5.74, 6) is 1.01. The van der Waals surface area contributed by atoms with Crippen LogP contribution in [-0.4, -0.2) is 54.7 Å². The highest BCUT2D eigenvalue weighted by molar-refractivity contribution is 8.38. The molecule has 0 aromatic carbocycles. The van der Waals surface area contributed by atoms with E-state index in [1.54, 1.807) is 11.8 Å². The van der Waals surface area contributed by atoms with Gasteiger partial charge in [0, 0.05) is 14.1 Å². The Labute approximate surface area is 173 Å². The van der Waals surface area contributed by atoms with E-state index in [1.807, 2.05) is 19.0 Å². The summed E-state index contributed by atoms with van der Waals surface area (Å²) < 4.78 is 7.07. The standard InChI is InChI=1S/C7H11NOS2.C7H11NS3.2CH4/c1-4(2)5-6(10)9-7(11)8(5)3;1-4(2)5-6(9)11-7(10)8(5)3;;/h2*4-5H,1-3H3;2*1H4. The molecule has 2 unspecified atom stereocenters. The maximum absolute atomic E-state index is 5.20. The third kappa shape index (κ3) is 6.12. The minimum absolute atomic E-state index is 0. The van der Waals surface area contributed by atoms with E-state index >= 15 is 0 Å². The Morgan fingerprint density at radius 1 is 0.875 bits per heavy atom. The van der Waals surface area contributed by atoms with Gasteiger partial charge in [-0.25, -0.2) is 0 Å². The highest BCUT2D eigenvalue weighted by atomic mass is 32.2. The second kappa shape index (κ2) is 11.0. The lowest BCUT2D eigenvalue weighted by molar-refractivity contribution is 0.380. The second-order valence-electron chi connectivity index (χ2n) is 5.97. The van der Waals surface area contributed by atoms with Gasteiger partial charge in [-0.1, -0.05) is 78.7 Å². The molecule has 24 heavy (non-hydrogen) atoms. The number of rotatable bonds is 2. The fourth-order valence-electron chi connectivity index (χ4n) is 2.42. The van der Waals surface area contributed by atoms with Gasteiger partial charge in [0.15, 0.2) is 5.05 Å². The van der Waals surface area contributed by atoms with Crippen LogP contribution in [0, 0.1) is 11.8 Å². The summed E-state index contributed by atoms with van der Waals surface area (Å²) in [6.45, 7) is 8.54. The molecule has 2 atom stereocenters. The molecule has 0 bridgehead atoms. The van der Waals surface area contributed by atoms with Crippen LogP contribution >= 0.6 is 60.6 Å². The molecule has 3 nitrogen and oxygen atoms in total. The first kappa shape index (κ1) is 26.3. The van der Waals surface area contributed by atoms with Crippen molar-refractivity contribution in [1.29, 1.82) is 0 Å². The first-order chi connectivity index (χ1) is 10.1. The van der Waals surface area contributed by atoms with Crippen LogP contribution in [0.4, 0.5) is 0 Å². The van der Waals surface area contributed by atoms with Gasteiger partial charge >= 0.3 is 0 Å². The molecule has 0 amide bonds. The molecule has 8 heteroatoms. The number of likely N-dealkylation sites (N-methyl/N-ethyl adjacent to an activating group) is 1. The van der Waals surface area contributed by atoms with Crippen LogP contribution in [0.25, 0.3) is 0 Å². The smallest absolute Gasteiger partial charge is 0.265 e. The molecule has 0 radical (unpaired) electrons. The van der Waals surface area contributed by atoms with E-state index in [4.69, 9.17) is 53.6 Å². The predicted molar refractivity (Wildman–Crippen MR) is 125 cm³/mol. The van der Waals surface area contributed by atoms with Gasteiger partial charge in [-0.3, -0.25) is 0 Å². The summed E-state index contributed by atoms with van der Waals surface area (Å²) in [4.78, 5) is 4.00. The highest BCUT2D eigenvalue weighted by Gasteiger charge is 2.34. The van der Waals surface area contributed by atoms with Crippen molar-refractivity contribution < 1.29 is 4.74 Å². The van der Waals surface area contributed by atoms with Crippen LogP contribution in [-0.2, 0) is 4.74 Å². The molecule has 2 fully saturated rings. The summed E-state index contributed by atoms with van der Waals surface area (Å²) in [5, 5.41) is 1.10.